The van der Waals surface area contributed by atoms with Gasteiger partial charge in [0.25, 0.3) is 0 Å². The summed E-state index contributed by atoms with van der Waals surface area (Å²) in [7, 11) is 0. The minimum atomic E-state index is 0.332. The van der Waals surface area contributed by atoms with E-state index < -0.39 is 0 Å². The van der Waals surface area contributed by atoms with Crippen molar-refractivity contribution >= 4 is 43.9 Å². The Labute approximate surface area is 115 Å². The summed E-state index contributed by atoms with van der Waals surface area (Å²) in [6, 6.07) is 16.2. The maximum Gasteiger partial charge on any atom is 0.123 e. The summed E-state index contributed by atoms with van der Waals surface area (Å²) in [5.74, 6) is 0.832. The molecule has 0 saturated heterocycles. The fourth-order valence-corrected chi connectivity index (χ4v) is 3.20. The third kappa shape index (κ3) is 1.36. The second-order valence-electron chi connectivity index (χ2n) is 4.87. The van der Waals surface area contributed by atoms with Crippen molar-refractivity contribution < 1.29 is 5.11 Å². The first-order valence-corrected chi connectivity index (χ1v) is 6.77. The zero-order chi connectivity index (χ0) is 13.0. The molecule has 0 unspecified atom stereocenters. The molecule has 0 spiro atoms. The molecule has 0 bridgehead atoms. The number of alkyl halides is 1. The van der Waals surface area contributed by atoms with E-state index in [0.29, 0.717) is 11.6 Å². The van der Waals surface area contributed by atoms with E-state index in [0.717, 1.165) is 21.7 Å². The Kier molecular flexibility index (Phi) is 2.15. The molecule has 0 aromatic heterocycles. The highest BCUT2D eigenvalue weighted by atomic mass is 35.5. The molecule has 0 saturated carbocycles. The van der Waals surface area contributed by atoms with Crippen LogP contribution in [0.5, 0.6) is 5.75 Å². The Morgan fingerprint density at radius 2 is 1.32 bits per heavy atom. The van der Waals surface area contributed by atoms with Crippen molar-refractivity contribution in [2.75, 3.05) is 0 Å². The molecule has 4 rings (SSSR count). The van der Waals surface area contributed by atoms with Gasteiger partial charge in [0.2, 0.25) is 0 Å². The highest BCUT2D eigenvalue weighted by molar-refractivity contribution is 6.26. The lowest BCUT2D eigenvalue weighted by atomic mass is 9.92. The monoisotopic (exact) mass is 266 g/mol. The average molecular weight is 267 g/mol. The minimum absolute atomic E-state index is 0.332. The molecule has 0 heterocycles. The maximum atomic E-state index is 10.0. The first-order valence-electron chi connectivity index (χ1n) is 6.24. The molecule has 4 aromatic carbocycles. The average Bonchev–Trinajstić information content (AvgIpc) is 2.46. The lowest BCUT2D eigenvalue weighted by Crippen LogP contribution is -1.87. The predicted molar refractivity (Wildman–Crippen MR) is 81.4 cm³/mol. The van der Waals surface area contributed by atoms with Gasteiger partial charge in [-0.1, -0.05) is 36.4 Å². The number of hydrogen-bond donors (Lipinski definition) is 1. The number of phenols is 1. The van der Waals surface area contributed by atoms with Crippen LogP contribution in [0.3, 0.4) is 0 Å². The van der Waals surface area contributed by atoms with Gasteiger partial charge in [-0.25, -0.2) is 0 Å². The van der Waals surface area contributed by atoms with Gasteiger partial charge in [-0.2, -0.15) is 0 Å². The van der Waals surface area contributed by atoms with E-state index in [4.69, 9.17) is 11.6 Å². The molecule has 0 atom stereocenters. The number of phenolic OH excluding ortho intramolecular Hbond substituents is 1. The van der Waals surface area contributed by atoms with Crippen molar-refractivity contribution in [3.63, 3.8) is 0 Å². The SMILES string of the molecule is Oc1ccc2ccc3ccc(CCl)c4ccc1c2c34. The summed E-state index contributed by atoms with van der Waals surface area (Å²) in [4.78, 5) is 0. The summed E-state index contributed by atoms with van der Waals surface area (Å²) >= 11 is 6.03. The number of rotatable bonds is 1. The molecule has 0 aliphatic heterocycles. The normalized spacial score (nSPS) is 11.8. The molecule has 0 fully saturated rings. The Bertz CT molecular complexity index is 911. The Morgan fingerprint density at radius 1 is 0.737 bits per heavy atom. The number of hydrogen-bond acceptors (Lipinski definition) is 1. The van der Waals surface area contributed by atoms with Crippen LogP contribution < -0.4 is 0 Å². The zero-order valence-electron chi connectivity index (χ0n) is 10.2. The predicted octanol–water partition coefficient (Wildman–Crippen LogP) is 5.03. The summed E-state index contributed by atoms with van der Waals surface area (Å²) in [6.45, 7) is 0. The first-order chi connectivity index (χ1) is 9.29. The third-order valence-electron chi connectivity index (χ3n) is 3.88. The molecular weight excluding hydrogens is 256 g/mol. The van der Waals surface area contributed by atoms with E-state index in [1.54, 1.807) is 6.07 Å². The van der Waals surface area contributed by atoms with Gasteiger partial charge in [-0.15, -0.1) is 11.6 Å². The van der Waals surface area contributed by atoms with Crippen LogP contribution in [-0.4, -0.2) is 5.11 Å². The van der Waals surface area contributed by atoms with Crippen LogP contribution in [0.25, 0.3) is 32.3 Å². The Balaban J connectivity index is 2.39. The van der Waals surface area contributed by atoms with Crippen molar-refractivity contribution in [1.82, 2.24) is 0 Å². The fourth-order valence-electron chi connectivity index (χ4n) is 2.96. The molecule has 0 aliphatic carbocycles. The largest absolute Gasteiger partial charge is 0.507 e. The van der Waals surface area contributed by atoms with Crippen LogP contribution in [0.1, 0.15) is 5.56 Å². The van der Waals surface area contributed by atoms with Gasteiger partial charge in [0, 0.05) is 16.7 Å². The third-order valence-corrected chi connectivity index (χ3v) is 4.16. The second-order valence-corrected chi connectivity index (χ2v) is 5.13. The molecule has 1 N–H and O–H groups in total. The van der Waals surface area contributed by atoms with Crippen molar-refractivity contribution in [2.24, 2.45) is 0 Å². The second kappa shape index (κ2) is 3.75. The minimum Gasteiger partial charge on any atom is -0.507 e. The van der Waals surface area contributed by atoms with E-state index in [2.05, 4.69) is 30.3 Å². The van der Waals surface area contributed by atoms with Gasteiger partial charge in [0.1, 0.15) is 5.75 Å². The summed E-state index contributed by atoms with van der Waals surface area (Å²) < 4.78 is 0. The molecule has 0 amide bonds. The lowest BCUT2D eigenvalue weighted by molar-refractivity contribution is 0.482. The van der Waals surface area contributed by atoms with Crippen LogP contribution in [0.4, 0.5) is 0 Å². The van der Waals surface area contributed by atoms with Gasteiger partial charge in [-0.3, -0.25) is 0 Å². The Morgan fingerprint density at radius 3 is 2.05 bits per heavy atom. The summed E-state index contributed by atoms with van der Waals surface area (Å²) in [6.07, 6.45) is 0. The summed E-state index contributed by atoms with van der Waals surface area (Å²) in [5.41, 5.74) is 1.13. The number of benzene rings is 4. The number of halogens is 1. The van der Waals surface area contributed by atoms with Gasteiger partial charge >= 0.3 is 0 Å². The van der Waals surface area contributed by atoms with Crippen LogP contribution in [0, 0.1) is 0 Å². The standard InChI is InChI=1S/C17H11ClO/c18-9-12-4-3-10-1-2-11-5-8-15(19)14-7-6-13(12)16(10)17(11)14/h1-8,19H,9H2. The van der Waals surface area contributed by atoms with Crippen molar-refractivity contribution in [1.29, 1.82) is 0 Å². The molecule has 4 aromatic rings. The molecular formula is C17H11ClO. The summed E-state index contributed by atoms with van der Waals surface area (Å²) in [5, 5.41) is 16.8. The topological polar surface area (TPSA) is 20.2 Å². The van der Waals surface area contributed by atoms with E-state index in [1.165, 1.54) is 16.2 Å². The van der Waals surface area contributed by atoms with Gasteiger partial charge in [0.05, 0.1) is 0 Å². The van der Waals surface area contributed by atoms with Gasteiger partial charge in [0.15, 0.2) is 0 Å². The lowest BCUT2D eigenvalue weighted by Gasteiger charge is -2.13. The van der Waals surface area contributed by atoms with Crippen LogP contribution in [0.15, 0.2) is 48.5 Å². The van der Waals surface area contributed by atoms with E-state index in [9.17, 15) is 5.11 Å². The van der Waals surface area contributed by atoms with Crippen LogP contribution in [-0.2, 0) is 5.88 Å². The van der Waals surface area contributed by atoms with Gasteiger partial charge in [-0.05, 0) is 39.2 Å². The van der Waals surface area contributed by atoms with Crippen molar-refractivity contribution in [3.8, 4) is 5.75 Å². The maximum absolute atomic E-state index is 10.0. The van der Waals surface area contributed by atoms with E-state index in [1.807, 2.05) is 12.1 Å². The smallest absolute Gasteiger partial charge is 0.123 e. The van der Waals surface area contributed by atoms with Crippen molar-refractivity contribution in [3.05, 3.63) is 54.1 Å². The molecule has 0 radical (unpaired) electrons. The highest BCUT2D eigenvalue weighted by Crippen LogP contribution is 2.39. The van der Waals surface area contributed by atoms with E-state index >= 15 is 0 Å². The molecule has 0 aliphatic rings. The molecule has 92 valence electrons. The molecule has 2 heteroatoms. The highest BCUT2D eigenvalue weighted by Gasteiger charge is 2.12. The fraction of sp³-hybridized carbons (Fsp3) is 0.0588. The Hall–Kier alpha value is -1.99. The van der Waals surface area contributed by atoms with E-state index in [-0.39, 0.29) is 0 Å². The zero-order valence-corrected chi connectivity index (χ0v) is 10.9. The number of aromatic hydroxyl groups is 1. The van der Waals surface area contributed by atoms with Crippen LogP contribution in [0.2, 0.25) is 0 Å². The molecule has 19 heavy (non-hydrogen) atoms. The molecule has 1 nitrogen and oxygen atoms in total. The first kappa shape index (κ1) is 10.9. The van der Waals surface area contributed by atoms with Gasteiger partial charge < -0.3 is 5.11 Å². The van der Waals surface area contributed by atoms with Crippen LogP contribution >= 0.6 is 11.6 Å². The van der Waals surface area contributed by atoms with Crippen molar-refractivity contribution in [2.45, 2.75) is 5.88 Å². The quantitative estimate of drug-likeness (QED) is 0.378.